The number of ketones is 1. The first-order valence-corrected chi connectivity index (χ1v) is 5.36. The lowest BCUT2D eigenvalue weighted by atomic mass is 9.87. The molecule has 23 heavy (non-hydrogen) atoms. The molecule has 0 N–H and O–H groups in total. The van der Waals surface area contributed by atoms with Crippen LogP contribution in [0.2, 0.25) is 0 Å². The number of carbonyl (C=O) groups excluding carboxylic acids is 1. The first kappa shape index (κ1) is 22.1. The standard InChI is InChI=1S/C8Cl2F12O/c9-1(2(10)11)5(13,14)4(12,7(17,18)19)3(23)6(15,16)8(20,21)22/b2-1-. The van der Waals surface area contributed by atoms with Crippen LogP contribution in [0.3, 0.4) is 0 Å². The van der Waals surface area contributed by atoms with E-state index in [1.54, 1.807) is 0 Å². The van der Waals surface area contributed by atoms with E-state index < -0.39 is 46.0 Å². The van der Waals surface area contributed by atoms with Crippen molar-refractivity contribution in [3.8, 4) is 0 Å². The number of Topliss-reactive ketones (excluding diaryl/α,β-unsaturated/α-hetero) is 1. The minimum Gasteiger partial charge on any atom is -0.288 e. The first-order chi connectivity index (χ1) is 9.76. The minimum absolute atomic E-state index is 2.97. The molecule has 0 amide bonds. The fourth-order valence-corrected chi connectivity index (χ4v) is 1.31. The van der Waals surface area contributed by atoms with Gasteiger partial charge in [0.15, 0.2) is 0 Å². The van der Waals surface area contributed by atoms with E-state index in [9.17, 15) is 57.5 Å². The maximum Gasteiger partial charge on any atom is 0.461 e. The molecule has 1 unspecified atom stereocenters. The van der Waals surface area contributed by atoms with Crippen molar-refractivity contribution >= 4 is 29.0 Å². The lowest BCUT2D eigenvalue weighted by Gasteiger charge is -2.35. The highest BCUT2D eigenvalue weighted by Crippen LogP contribution is 2.55. The molecular formula is C8Cl2F12O. The van der Waals surface area contributed by atoms with Crippen LogP contribution >= 0.6 is 23.2 Å². The van der Waals surface area contributed by atoms with E-state index in [4.69, 9.17) is 0 Å². The number of allylic oxidation sites excluding steroid dienone is 1. The second kappa shape index (κ2) is 5.90. The van der Waals surface area contributed by atoms with Gasteiger partial charge in [0.05, 0.1) is 0 Å². The maximum absolute atomic E-state index is 13.6. The molecule has 136 valence electrons. The van der Waals surface area contributed by atoms with Gasteiger partial charge < -0.3 is 0 Å². The molecule has 0 heterocycles. The Morgan fingerprint density at radius 2 is 1.00 bits per heavy atom. The van der Waals surface area contributed by atoms with Gasteiger partial charge in [0.25, 0.3) is 5.78 Å². The molecule has 0 bridgehead atoms. The fraction of sp³-hybridized carbons (Fsp3) is 0.625. The second-order valence-electron chi connectivity index (χ2n) is 3.71. The van der Waals surface area contributed by atoms with Crippen LogP contribution < -0.4 is 0 Å². The lowest BCUT2D eigenvalue weighted by Crippen LogP contribution is -2.67. The highest BCUT2D eigenvalue weighted by Gasteiger charge is 2.84. The van der Waals surface area contributed by atoms with Gasteiger partial charge in [-0.05, 0) is 11.6 Å². The number of carbonyl (C=O) groups is 1. The minimum atomic E-state index is -7.34. The summed E-state index contributed by atoms with van der Waals surface area (Å²) in [7, 11) is 0. The van der Waals surface area contributed by atoms with Crippen molar-refractivity contribution in [1.29, 1.82) is 0 Å². The number of halogens is 14. The Hall–Kier alpha value is -0.850. The molecule has 1 nitrogen and oxygen atoms in total. The number of alkyl halides is 11. The van der Waals surface area contributed by atoms with Gasteiger partial charge >= 0.3 is 29.9 Å². The Morgan fingerprint density at radius 3 is 1.22 bits per heavy atom. The van der Waals surface area contributed by atoms with Crippen molar-refractivity contribution in [1.82, 2.24) is 0 Å². The predicted octanol–water partition coefficient (Wildman–Crippen LogP) is 5.28. The van der Waals surface area contributed by atoms with E-state index in [0.717, 1.165) is 0 Å². The van der Waals surface area contributed by atoms with Gasteiger partial charge in [-0.3, -0.25) is 4.79 Å². The lowest BCUT2D eigenvalue weighted by molar-refractivity contribution is -0.310. The van der Waals surface area contributed by atoms with Gasteiger partial charge in [-0.15, -0.1) is 0 Å². The molecule has 0 aliphatic carbocycles. The van der Waals surface area contributed by atoms with Crippen LogP contribution in [-0.4, -0.2) is 35.6 Å². The van der Waals surface area contributed by atoms with E-state index >= 15 is 0 Å². The number of rotatable bonds is 4. The summed E-state index contributed by atoms with van der Waals surface area (Å²) in [4.78, 5) is 10.7. The smallest absolute Gasteiger partial charge is 0.288 e. The van der Waals surface area contributed by atoms with Crippen molar-refractivity contribution < 1.29 is 57.5 Å². The third-order valence-corrected chi connectivity index (χ3v) is 2.91. The van der Waals surface area contributed by atoms with Crippen LogP contribution in [-0.2, 0) is 4.79 Å². The largest absolute Gasteiger partial charge is 0.461 e. The van der Waals surface area contributed by atoms with Crippen LogP contribution in [0.15, 0.2) is 10.3 Å². The zero-order valence-corrected chi connectivity index (χ0v) is 11.2. The molecule has 0 aromatic carbocycles. The van der Waals surface area contributed by atoms with Gasteiger partial charge in [0.2, 0.25) is 5.29 Å². The van der Waals surface area contributed by atoms with E-state index in [-0.39, 0.29) is 0 Å². The van der Waals surface area contributed by atoms with Crippen molar-refractivity contribution in [2.45, 2.75) is 29.9 Å². The summed E-state index contributed by atoms with van der Waals surface area (Å²) in [5.74, 6) is -18.9. The predicted molar refractivity (Wildman–Crippen MR) is 50.7 cm³/mol. The van der Waals surface area contributed by atoms with Gasteiger partial charge in [-0.1, -0.05) is 11.6 Å². The van der Waals surface area contributed by atoms with Gasteiger partial charge in [0.1, 0.15) is 5.03 Å². The topological polar surface area (TPSA) is 17.1 Å². The SMILES string of the molecule is O=C(C(F)(F)C(F)(F)F)C(F)(C(F)(F)F)C(F)(F)/C(Cl)=C(/F)Cl. The molecule has 1 atom stereocenters. The zero-order chi connectivity index (χ0) is 19.2. The highest BCUT2D eigenvalue weighted by molar-refractivity contribution is 6.39. The Labute approximate surface area is 127 Å². The second-order valence-corrected chi connectivity index (χ2v) is 4.42. The maximum atomic E-state index is 13.6. The Morgan fingerprint density at radius 1 is 0.652 bits per heavy atom. The van der Waals surface area contributed by atoms with Gasteiger partial charge in [0, 0.05) is 0 Å². The van der Waals surface area contributed by atoms with E-state index in [1.165, 1.54) is 0 Å². The van der Waals surface area contributed by atoms with E-state index in [2.05, 4.69) is 23.2 Å². The molecule has 0 aliphatic rings. The zero-order valence-electron chi connectivity index (χ0n) is 9.70. The van der Waals surface area contributed by atoms with Gasteiger partial charge in [-0.25, -0.2) is 4.39 Å². The van der Waals surface area contributed by atoms with Crippen LogP contribution in [0.1, 0.15) is 0 Å². The number of hydrogen-bond donors (Lipinski definition) is 0. The van der Waals surface area contributed by atoms with Crippen molar-refractivity contribution in [2.24, 2.45) is 0 Å². The summed E-state index contributed by atoms with van der Waals surface area (Å²) >= 11 is 8.33. The summed E-state index contributed by atoms with van der Waals surface area (Å²) < 4.78 is 150. The molecule has 0 rings (SSSR count). The van der Waals surface area contributed by atoms with Crippen LogP contribution in [0.25, 0.3) is 0 Å². The van der Waals surface area contributed by atoms with Crippen molar-refractivity contribution in [2.75, 3.05) is 0 Å². The average molecular weight is 411 g/mol. The quantitative estimate of drug-likeness (QED) is 0.576. The molecule has 0 saturated carbocycles. The first-order valence-electron chi connectivity index (χ1n) is 4.60. The third kappa shape index (κ3) is 3.35. The van der Waals surface area contributed by atoms with Crippen LogP contribution in [0.5, 0.6) is 0 Å². The van der Waals surface area contributed by atoms with Gasteiger partial charge in [-0.2, -0.15) is 48.3 Å². The fourth-order valence-electron chi connectivity index (χ4n) is 1.06. The molecule has 0 fully saturated rings. The summed E-state index contributed by atoms with van der Waals surface area (Å²) in [6.45, 7) is 0. The molecular weight excluding hydrogens is 411 g/mol. The molecule has 0 saturated heterocycles. The highest BCUT2D eigenvalue weighted by atomic mass is 35.5. The Balaban J connectivity index is 6.64. The molecule has 0 spiro atoms. The Bertz CT molecular complexity index is 514. The summed E-state index contributed by atoms with van der Waals surface area (Å²) in [5, 5.41) is -6.20. The monoisotopic (exact) mass is 410 g/mol. The van der Waals surface area contributed by atoms with Crippen LogP contribution in [0.4, 0.5) is 52.7 Å². The molecule has 0 aromatic heterocycles. The van der Waals surface area contributed by atoms with E-state index in [1.807, 2.05) is 0 Å². The Kier molecular flexibility index (Phi) is 5.68. The average Bonchev–Trinajstić information content (AvgIpc) is 2.32. The van der Waals surface area contributed by atoms with Crippen molar-refractivity contribution in [3.63, 3.8) is 0 Å². The molecule has 0 aromatic rings. The normalized spacial score (nSPS) is 18.3. The van der Waals surface area contributed by atoms with Crippen LogP contribution in [0, 0.1) is 0 Å². The van der Waals surface area contributed by atoms with E-state index in [0.29, 0.717) is 0 Å². The molecule has 0 aliphatic heterocycles. The van der Waals surface area contributed by atoms with Crippen molar-refractivity contribution in [3.05, 3.63) is 10.3 Å². The third-order valence-electron chi connectivity index (χ3n) is 2.22. The summed E-state index contributed by atoms with van der Waals surface area (Å²) in [6, 6.07) is 0. The molecule has 0 radical (unpaired) electrons. The number of hydrogen-bond acceptors (Lipinski definition) is 1. The summed E-state index contributed by atoms with van der Waals surface area (Å²) in [5.41, 5.74) is -7.22. The molecule has 15 heteroatoms. The summed E-state index contributed by atoms with van der Waals surface area (Å²) in [6.07, 6.45) is -14.5.